The monoisotopic (exact) mass is 315 g/mol. The molecule has 5 heteroatoms. The largest absolute Gasteiger partial charge is 0.383 e. The summed E-state index contributed by atoms with van der Waals surface area (Å²) in [6.07, 6.45) is 8.26. The highest BCUT2D eigenvalue weighted by Crippen LogP contribution is 2.17. The minimum absolute atomic E-state index is 0.762. The molecule has 0 unspecified atom stereocenters. The molecule has 1 N–H and O–H groups in total. The van der Waals surface area contributed by atoms with Gasteiger partial charge in [-0.05, 0) is 41.4 Å². The highest BCUT2D eigenvalue weighted by atomic mass is 79.9. The quantitative estimate of drug-likeness (QED) is 0.712. The number of nitrogens with one attached hydrogen (secondary N) is 1. The van der Waals surface area contributed by atoms with Crippen LogP contribution < -0.4 is 5.32 Å². The third-order valence-electron chi connectivity index (χ3n) is 2.52. The Hall–Kier alpha value is -0.650. The summed E-state index contributed by atoms with van der Waals surface area (Å²) < 4.78 is 8.05. The molecule has 0 saturated carbocycles. The molecular formula is C13H22BrN3O. The van der Waals surface area contributed by atoms with Gasteiger partial charge in [-0.3, -0.25) is 4.68 Å². The number of nitrogens with zero attached hydrogens (tertiary/aromatic N) is 2. The molecule has 1 heterocycles. The van der Waals surface area contributed by atoms with Crippen LogP contribution in [0, 0.1) is 0 Å². The summed E-state index contributed by atoms with van der Waals surface area (Å²) in [5.41, 5.74) is 1.15. The summed E-state index contributed by atoms with van der Waals surface area (Å²) in [6.45, 7) is 5.75. The standard InChI is InChI=1S/C13H22BrN3O/c1-3-9-17-13(12(14)11-16-17)6-4-5-7-15-8-10-18-2/h4,6,11,15H,3,5,7-10H2,1-2H3/b6-4+. The number of halogens is 1. The van der Waals surface area contributed by atoms with Gasteiger partial charge in [0.2, 0.25) is 0 Å². The van der Waals surface area contributed by atoms with Crippen molar-refractivity contribution >= 4 is 22.0 Å². The van der Waals surface area contributed by atoms with E-state index in [1.165, 1.54) is 0 Å². The van der Waals surface area contributed by atoms with Crippen molar-refractivity contribution in [3.05, 3.63) is 22.4 Å². The zero-order valence-corrected chi connectivity index (χ0v) is 12.7. The van der Waals surface area contributed by atoms with E-state index in [4.69, 9.17) is 4.74 Å². The van der Waals surface area contributed by atoms with Crippen LogP contribution in [0.25, 0.3) is 6.08 Å². The summed E-state index contributed by atoms with van der Waals surface area (Å²) in [5.74, 6) is 0. The molecule has 1 rings (SSSR count). The lowest BCUT2D eigenvalue weighted by atomic mass is 10.3. The first kappa shape index (κ1) is 15.4. The van der Waals surface area contributed by atoms with Gasteiger partial charge < -0.3 is 10.1 Å². The Morgan fingerprint density at radius 2 is 2.33 bits per heavy atom. The van der Waals surface area contributed by atoms with E-state index in [1.54, 1.807) is 7.11 Å². The van der Waals surface area contributed by atoms with Crippen LogP contribution in [-0.2, 0) is 11.3 Å². The van der Waals surface area contributed by atoms with Crippen molar-refractivity contribution in [1.29, 1.82) is 0 Å². The fraction of sp³-hybridized carbons (Fsp3) is 0.615. The van der Waals surface area contributed by atoms with Crippen molar-refractivity contribution < 1.29 is 4.74 Å². The number of aryl methyl sites for hydroxylation is 1. The van der Waals surface area contributed by atoms with Crippen LogP contribution in [0.2, 0.25) is 0 Å². The van der Waals surface area contributed by atoms with Gasteiger partial charge in [0.25, 0.3) is 0 Å². The van der Waals surface area contributed by atoms with Gasteiger partial charge in [-0.1, -0.05) is 13.0 Å². The molecule has 0 amide bonds. The first-order valence-corrected chi connectivity index (χ1v) is 7.16. The van der Waals surface area contributed by atoms with Crippen LogP contribution in [0.3, 0.4) is 0 Å². The summed E-state index contributed by atoms with van der Waals surface area (Å²) in [7, 11) is 1.72. The molecule has 1 aromatic rings. The highest BCUT2D eigenvalue weighted by Gasteiger charge is 2.03. The first-order valence-electron chi connectivity index (χ1n) is 6.37. The molecule has 1 aromatic heterocycles. The maximum absolute atomic E-state index is 4.97. The normalized spacial score (nSPS) is 11.5. The Labute approximate surface area is 118 Å². The number of methoxy groups -OCH3 is 1. The maximum atomic E-state index is 4.97. The van der Waals surface area contributed by atoms with E-state index in [1.807, 2.05) is 10.9 Å². The fourth-order valence-corrected chi connectivity index (χ4v) is 2.04. The SMILES string of the molecule is CCCn1ncc(Br)c1/C=C/CCNCCOC. The van der Waals surface area contributed by atoms with E-state index < -0.39 is 0 Å². The van der Waals surface area contributed by atoms with Crippen LogP contribution in [-0.4, -0.2) is 36.6 Å². The Balaban J connectivity index is 2.34. The third-order valence-corrected chi connectivity index (χ3v) is 3.13. The fourth-order valence-electron chi connectivity index (χ4n) is 1.61. The molecule has 0 aliphatic rings. The van der Waals surface area contributed by atoms with Crippen molar-refractivity contribution in [2.75, 3.05) is 26.8 Å². The third kappa shape index (κ3) is 5.33. The molecule has 0 bridgehead atoms. The molecule has 4 nitrogen and oxygen atoms in total. The van der Waals surface area contributed by atoms with Crippen molar-refractivity contribution in [3.63, 3.8) is 0 Å². The molecule has 0 radical (unpaired) electrons. The Morgan fingerprint density at radius 3 is 3.06 bits per heavy atom. The molecule has 102 valence electrons. The lowest BCUT2D eigenvalue weighted by molar-refractivity contribution is 0.199. The number of rotatable bonds is 9. The number of hydrogen-bond donors (Lipinski definition) is 1. The second-order valence-electron chi connectivity index (χ2n) is 4.03. The summed E-state index contributed by atoms with van der Waals surface area (Å²) in [5, 5.41) is 7.64. The second kappa shape index (κ2) is 9.30. The van der Waals surface area contributed by atoms with Crippen LogP contribution in [0.5, 0.6) is 0 Å². The molecule has 18 heavy (non-hydrogen) atoms. The average Bonchev–Trinajstić information content (AvgIpc) is 2.70. The second-order valence-corrected chi connectivity index (χ2v) is 4.89. The van der Waals surface area contributed by atoms with Crippen molar-refractivity contribution in [1.82, 2.24) is 15.1 Å². The molecule has 0 fully saturated rings. The van der Waals surface area contributed by atoms with Gasteiger partial charge in [-0.25, -0.2) is 0 Å². The van der Waals surface area contributed by atoms with Crippen LogP contribution in [0.15, 0.2) is 16.7 Å². The van der Waals surface area contributed by atoms with Gasteiger partial charge in [0.15, 0.2) is 0 Å². The van der Waals surface area contributed by atoms with Gasteiger partial charge in [-0.15, -0.1) is 0 Å². The lowest BCUT2D eigenvalue weighted by Crippen LogP contribution is -2.19. The molecule has 0 atom stereocenters. The van der Waals surface area contributed by atoms with Gasteiger partial charge in [0.1, 0.15) is 0 Å². The summed E-state index contributed by atoms with van der Waals surface area (Å²) >= 11 is 3.52. The molecule has 0 saturated heterocycles. The Kier molecular flexibility index (Phi) is 7.96. The minimum atomic E-state index is 0.762. The maximum Gasteiger partial charge on any atom is 0.0749 e. The van der Waals surface area contributed by atoms with Gasteiger partial charge in [0.05, 0.1) is 23.0 Å². The zero-order chi connectivity index (χ0) is 13.2. The van der Waals surface area contributed by atoms with Gasteiger partial charge in [0, 0.05) is 20.2 Å². The summed E-state index contributed by atoms with van der Waals surface area (Å²) in [6, 6.07) is 0. The highest BCUT2D eigenvalue weighted by molar-refractivity contribution is 9.10. The smallest absolute Gasteiger partial charge is 0.0749 e. The molecule has 0 aromatic carbocycles. The van der Waals surface area contributed by atoms with E-state index in [0.717, 1.165) is 49.2 Å². The lowest BCUT2D eigenvalue weighted by Gasteiger charge is -2.03. The van der Waals surface area contributed by atoms with Gasteiger partial charge in [-0.2, -0.15) is 5.10 Å². The van der Waals surface area contributed by atoms with E-state index in [0.29, 0.717) is 0 Å². The average molecular weight is 316 g/mol. The van der Waals surface area contributed by atoms with Crippen molar-refractivity contribution in [2.45, 2.75) is 26.3 Å². The minimum Gasteiger partial charge on any atom is -0.383 e. The number of ether oxygens (including phenoxy) is 1. The number of hydrogen-bond acceptors (Lipinski definition) is 3. The van der Waals surface area contributed by atoms with Crippen LogP contribution in [0.4, 0.5) is 0 Å². The first-order chi connectivity index (χ1) is 8.79. The molecule has 0 aliphatic heterocycles. The van der Waals surface area contributed by atoms with Crippen LogP contribution >= 0.6 is 15.9 Å². The zero-order valence-electron chi connectivity index (χ0n) is 11.2. The predicted molar refractivity (Wildman–Crippen MR) is 78.6 cm³/mol. The van der Waals surface area contributed by atoms with Crippen molar-refractivity contribution in [2.24, 2.45) is 0 Å². The van der Waals surface area contributed by atoms with E-state index in [-0.39, 0.29) is 0 Å². The molecule has 0 aliphatic carbocycles. The Morgan fingerprint density at radius 1 is 1.50 bits per heavy atom. The van der Waals surface area contributed by atoms with E-state index in [2.05, 4.69) is 45.4 Å². The Bertz CT molecular complexity index is 363. The van der Waals surface area contributed by atoms with Gasteiger partial charge >= 0.3 is 0 Å². The van der Waals surface area contributed by atoms with E-state index in [9.17, 15) is 0 Å². The molecule has 0 spiro atoms. The number of aromatic nitrogens is 2. The van der Waals surface area contributed by atoms with E-state index >= 15 is 0 Å². The topological polar surface area (TPSA) is 39.1 Å². The predicted octanol–water partition coefficient (Wildman–Crippen LogP) is 2.69. The van der Waals surface area contributed by atoms with Crippen molar-refractivity contribution in [3.8, 4) is 0 Å². The van der Waals surface area contributed by atoms with Crippen LogP contribution in [0.1, 0.15) is 25.5 Å². The summed E-state index contributed by atoms with van der Waals surface area (Å²) in [4.78, 5) is 0. The molecular weight excluding hydrogens is 294 g/mol.